The molecule has 0 aliphatic heterocycles. The molecule has 0 radical (unpaired) electrons. The maximum Gasteiger partial charge on any atom is 0.343 e. The third kappa shape index (κ3) is 5.96. The van der Waals surface area contributed by atoms with Crippen molar-refractivity contribution in [2.24, 2.45) is 5.10 Å². The SMILES string of the molecule is O=C(COc1cccc2ccccc12)NN=Cc1ccc(OC(=O)c2cccc(Cl)c2)cc1. The lowest BCUT2D eigenvalue weighted by molar-refractivity contribution is -0.123. The van der Waals surface area contributed by atoms with Crippen LogP contribution in [0.2, 0.25) is 5.02 Å². The Bertz CT molecular complexity index is 1310. The standard InChI is InChI=1S/C26H19ClN2O4/c27-21-8-3-7-20(15-21)26(31)33-22-13-11-18(12-14-22)16-28-29-25(30)17-32-24-10-4-6-19-5-1-2-9-23(19)24/h1-16H,17H2,(H,29,30). The number of carbonyl (C=O) groups is 2. The highest BCUT2D eigenvalue weighted by Gasteiger charge is 2.09. The van der Waals surface area contributed by atoms with Gasteiger partial charge in [-0.05, 0) is 59.5 Å². The molecule has 0 saturated carbocycles. The van der Waals surface area contributed by atoms with Crippen LogP contribution in [0.3, 0.4) is 0 Å². The first-order valence-corrected chi connectivity index (χ1v) is 10.5. The van der Waals surface area contributed by atoms with Crippen LogP contribution >= 0.6 is 11.6 Å². The third-order valence-corrected chi connectivity index (χ3v) is 4.90. The lowest BCUT2D eigenvalue weighted by Crippen LogP contribution is -2.24. The van der Waals surface area contributed by atoms with Crippen molar-refractivity contribution in [3.8, 4) is 11.5 Å². The first-order chi connectivity index (χ1) is 16.1. The third-order valence-electron chi connectivity index (χ3n) is 4.66. The van der Waals surface area contributed by atoms with E-state index in [1.54, 1.807) is 42.5 Å². The zero-order valence-electron chi connectivity index (χ0n) is 17.4. The molecular formula is C26H19ClN2O4. The molecule has 6 nitrogen and oxygen atoms in total. The number of hydrogen-bond acceptors (Lipinski definition) is 5. The Balaban J connectivity index is 1.27. The number of carbonyl (C=O) groups excluding carboxylic acids is 2. The number of nitrogens with zero attached hydrogens (tertiary/aromatic N) is 1. The van der Waals surface area contributed by atoms with Crippen LogP contribution in [-0.4, -0.2) is 24.7 Å². The first-order valence-electron chi connectivity index (χ1n) is 10.1. The molecule has 0 spiro atoms. The number of fused-ring (bicyclic) bond motifs is 1. The van der Waals surface area contributed by atoms with Gasteiger partial charge in [-0.25, -0.2) is 10.2 Å². The molecule has 0 bridgehead atoms. The predicted molar refractivity (Wildman–Crippen MR) is 128 cm³/mol. The van der Waals surface area contributed by atoms with Crippen molar-refractivity contribution in [2.75, 3.05) is 6.61 Å². The lowest BCUT2D eigenvalue weighted by atomic mass is 10.1. The number of amides is 1. The fraction of sp³-hybridized carbons (Fsp3) is 0.0385. The van der Waals surface area contributed by atoms with Gasteiger partial charge in [0.05, 0.1) is 11.8 Å². The van der Waals surface area contributed by atoms with E-state index in [0.717, 1.165) is 10.8 Å². The smallest absolute Gasteiger partial charge is 0.343 e. The summed E-state index contributed by atoms with van der Waals surface area (Å²) in [6, 6.07) is 26.7. The summed E-state index contributed by atoms with van der Waals surface area (Å²) < 4.78 is 11.0. The van der Waals surface area contributed by atoms with Crippen molar-refractivity contribution in [2.45, 2.75) is 0 Å². The summed E-state index contributed by atoms with van der Waals surface area (Å²) in [6.45, 7) is -0.163. The largest absolute Gasteiger partial charge is 0.483 e. The second-order valence-corrected chi connectivity index (χ2v) is 7.46. The number of ether oxygens (including phenoxy) is 2. The molecule has 0 fully saturated rings. The van der Waals surface area contributed by atoms with E-state index in [0.29, 0.717) is 27.6 Å². The summed E-state index contributed by atoms with van der Waals surface area (Å²) in [5.74, 6) is 0.128. The molecule has 0 saturated heterocycles. The summed E-state index contributed by atoms with van der Waals surface area (Å²) in [5, 5.41) is 6.37. The second-order valence-electron chi connectivity index (χ2n) is 7.03. The van der Waals surface area contributed by atoms with Crippen LogP contribution in [-0.2, 0) is 4.79 Å². The molecule has 0 aliphatic rings. The van der Waals surface area contributed by atoms with Gasteiger partial charge in [0.15, 0.2) is 6.61 Å². The van der Waals surface area contributed by atoms with E-state index < -0.39 is 5.97 Å². The molecule has 4 aromatic rings. The van der Waals surface area contributed by atoms with Gasteiger partial charge in [-0.3, -0.25) is 4.79 Å². The van der Waals surface area contributed by atoms with E-state index in [-0.39, 0.29) is 12.5 Å². The number of halogens is 1. The fourth-order valence-corrected chi connectivity index (χ4v) is 3.27. The van der Waals surface area contributed by atoms with Gasteiger partial charge in [0.2, 0.25) is 0 Å². The fourth-order valence-electron chi connectivity index (χ4n) is 3.08. The van der Waals surface area contributed by atoms with Gasteiger partial charge >= 0.3 is 5.97 Å². The maximum absolute atomic E-state index is 12.2. The molecule has 1 N–H and O–H groups in total. The quantitative estimate of drug-likeness (QED) is 0.178. The Morgan fingerprint density at radius 3 is 2.48 bits per heavy atom. The van der Waals surface area contributed by atoms with Gasteiger partial charge in [-0.2, -0.15) is 5.10 Å². The molecule has 164 valence electrons. The highest BCUT2D eigenvalue weighted by molar-refractivity contribution is 6.30. The Morgan fingerprint density at radius 1 is 0.909 bits per heavy atom. The maximum atomic E-state index is 12.2. The van der Waals surface area contributed by atoms with Gasteiger partial charge in [0, 0.05) is 10.4 Å². The minimum atomic E-state index is -0.502. The van der Waals surface area contributed by atoms with Crippen LogP contribution in [0.15, 0.2) is 96.1 Å². The minimum Gasteiger partial charge on any atom is -0.483 e. The normalized spacial score (nSPS) is 10.8. The molecule has 33 heavy (non-hydrogen) atoms. The van der Waals surface area contributed by atoms with Crippen LogP contribution < -0.4 is 14.9 Å². The van der Waals surface area contributed by atoms with Crippen LogP contribution in [0.1, 0.15) is 15.9 Å². The Labute approximate surface area is 195 Å². The Hall–Kier alpha value is -4.16. The average molecular weight is 459 g/mol. The average Bonchev–Trinajstić information content (AvgIpc) is 2.84. The predicted octanol–water partition coefficient (Wildman–Crippen LogP) is 5.24. The van der Waals surface area contributed by atoms with E-state index in [9.17, 15) is 9.59 Å². The van der Waals surface area contributed by atoms with Crippen molar-refractivity contribution in [1.82, 2.24) is 5.43 Å². The van der Waals surface area contributed by atoms with E-state index >= 15 is 0 Å². The molecule has 4 rings (SSSR count). The van der Waals surface area contributed by atoms with Crippen LogP contribution in [0.25, 0.3) is 10.8 Å². The van der Waals surface area contributed by atoms with Gasteiger partial charge in [0.1, 0.15) is 11.5 Å². The highest BCUT2D eigenvalue weighted by atomic mass is 35.5. The van der Waals surface area contributed by atoms with Gasteiger partial charge in [0.25, 0.3) is 5.91 Å². The molecule has 1 amide bonds. The summed E-state index contributed by atoms with van der Waals surface area (Å²) >= 11 is 5.90. The molecule has 0 aromatic heterocycles. The second kappa shape index (κ2) is 10.4. The zero-order chi connectivity index (χ0) is 23.0. The van der Waals surface area contributed by atoms with Crippen molar-refractivity contribution >= 4 is 40.5 Å². The Morgan fingerprint density at radius 2 is 1.67 bits per heavy atom. The number of rotatable bonds is 7. The topological polar surface area (TPSA) is 77.0 Å². The van der Waals surface area contributed by atoms with Gasteiger partial charge in [-0.1, -0.05) is 54.1 Å². The minimum absolute atomic E-state index is 0.163. The monoisotopic (exact) mass is 458 g/mol. The molecule has 7 heteroatoms. The number of nitrogens with one attached hydrogen (secondary N) is 1. The van der Waals surface area contributed by atoms with Crippen molar-refractivity contribution in [1.29, 1.82) is 0 Å². The van der Waals surface area contributed by atoms with E-state index in [4.69, 9.17) is 21.1 Å². The van der Waals surface area contributed by atoms with E-state index in [1.165, 1.54) is 12.3 Å². The molecular weight excluding hydrogens is 440 g/mol. The summed E-state index contributed by atoms with van der Waals surface area (Å²) in [7, 11) is 0. The van der Waals surface area contributed by atoms with Crippen LogP contribution in [0, 0.1) is 0 Å². The molecule has 0 unspecified atom stereocenters. The number of esters is 1. The first kappa shape index (κ1) is 22.0. The molecule has 0 atom stereocenters. The summed E-state index contributed by atoms with van der Waals surface area (Å²) in [4.78, 5) is 24.2. The van der Waals surface area contributed by atoms with Gasteiger partial charge in [-0.15, -0.1) is 0 Å². The molecule has 4 aromatic carbocycles. The summed E-state index contributed by atoms with van der Waals surface area (Å²) in [5.41, 5.74) is 3.51. The Kier molecular flexibility index (Phi) is 6.97. The molecule has 0 heterocycles. The summed E-state index contributed by atoms with van der Waals surface area (Å²) in [6.07, 6.45) is 1.48. The van der Waals surface area contributed by atoms with E-state index in [1.807, 2.05) is 42.5 Å². The zero-order valence-corrected chi connectivity index (χ0v) is 18.2. The van der Waals surface area contributed by atoms with E-state index in [2.05, 4.69) is 10.5 Å². The number of hydrazone groups is 1. The highest BCUT2D eigenvalue weighted by Crippen LogP contribution is 2.25. The number of hydrogen-bond donors (Lipinski definition) is 1. The van der Waals surface area contributed by atoms with Gasteiger partial charge < -0.3 is 9.47 Å². The van der Waals surface area contributed by atoms with Crippen molar-refractivity contribution in [3.63, 3.8) is 0 Å². The van der Waals surface area contributed by atoms with Crippen LogP contribution in [0.5, 0.6) is 11.5 Å². The van der Waals surface area contributed by atoms with Crippen molar-refractivity contribution < 1.29 is 19.1 Å². The van der Waals surface area contributed by atoms with Crippen LogP contribution in [0.4, 0.5) is 0 Å². The lowest BCUT2D eigenvalue weighted by Gasteiger charge is -2.08. The van der Waals surface area contributed by atoms with Crippen molar-refractivity contribution in [3.05, 3.63) is 107 Å². The number of benzene rings is 4. The molecule has 0 aliphatic carbocycles.